The van der Waals surface area contributed by atoms with E-state index in [1.165, 1.54) is 22.3 Å². The first-order chi connectivity index (χ1) is 37.4. The van der Waals surface area contributed by atoms with Crippen LogP contribution in [0.2, 0.25) is 0 Å². The molecule has 0 bridgehead atoms. The van der Waals surface area contributed by atoms with Crippen molar-refractivity contribution in [1.82, 2.24) is 0 Å². The van der Waals surface area contributed by atoms with Gasteiger partial charge in [-0.1, -0.05) is 216 Å². The van der Waals surface area contributed by atoms with E-state index >= 15 is 0 Å². The van der Waals surface area contributed by atoms with Crippen LogP contribution in [0, 0.1) is 98.1 Å². The first-order valence-corrected chi connectivity index (χ1v) is 30.2. The molecule has 2 fully saturated rings. The van der Waals surface area contributed by atoms with Crippen molar-refractivity contribution in [2.75, 3.05) is 0 Å². The molecule has 0 unspecified atom stereocenters. The van der Waals surface area contributed by atoms with Crippen molar-refractivity contribution in [2.24, 2.45) is 20.0 Å². The Morgan fingerprint density at radius 3 is 0.580 bits per heavy atom. The van der Waals surface area contributed by atoms with Crippen LogP contribution in [0.5, 0.6) is 23.0 Å². The molecular weight excluding hydrogens is 1620 g/mol. The fourth-order valence-corrected chi connectivity index (χ4v) is 10.6. The molecule has 0 spiro atoms. The van der Waals surface area contributed by atoms with E-state index in [4.69, 9.17) is 29.9 Å². The summed E-state index contributed by atoms with van der Waals surface area (Å²) in [7, 11) is 0. The van der Waals surface area contributed by atoms with Crippen LogP contribution in [0.15, 0.2) is 68.5 Å². The summed E-state index contributed by atoms with van der Waals surface area (Å²) in [6, 6.07) is 17.1. The largest absolute Gasteiger partial charge is 0.507 e. The molecule has 2 aliphatic carbocycles. The Labute approximate surface area is 624 Å². The Balaban J connectivity index is -0.00000150. The summed E-state index contributed by atoms with van der Waals surface area (Å²) in [5.41, 5.74) is 10.8. The van der Waals surface area contributed by atoms with E-state index in [2.05, 4.69) is 215 Å². The van der Waals surface area contributed by atoms with E-state index in [9.17, 15) is 20.4 Å². The van der Waals surface area contributed by atoms with E-state index in [-0.39, 0.29) is 200 Å². The van der Waals surface area contributed by atoms with E-state index in [0.29, 0.717) is 23.0 Å². The topological polar surface area (TPSA) is 228 Å². The minimum Gasteiger partial charge on any atom is -0.507 e. The summed E-state index contributed by atoms with van der Waals surface area (Å²) in [5, 5.41) is 44.9. The van der Waals surface area contributed by atoms with Gasteiger partial charge in [-0.3, -0.25) is 20.0 Å². The quantitative estimate of drug-likeness (QED) is 0.125. The van der Waals surface area contributed by atoms with Crippen LogP contribution in [0.1, 0.15) is 284 Å². The standard InChI is InChI=1S/2C36H54N2O2.2Ac.2Co.O2.2H2O/c2*1-33(2,3)25-17-23(31(39)27(19-25)35(7,8)9)21-37-29-15-13-14-16-30(29)38-22-24-18-26(34(4,5)6)20-28(32(24)40)36(10,11)12;;;;;1-2;;/h2*17-22,29-30,39-40H,13-16H2,1-12H3;;;;;;2*1H2/t2*29-,30-;;;;;;;/m00......./s1. The molecule has 16 heteroatoms. The van der Waals surface area contributed by atoms with Gasteiger partial charge in [0.1, 0.15) is 23.0 Å². The van der Waals surface area contributed by atoms with Crippen LogP contribution >= 0.6 is 0 Å². The summed E-state index contributed by atoms with van der Waals surface area (Å²) in [5.74, 6) is 1.27. The number of aromatic hydroxyl groups is 4. The van der Waals surface area contributed by atoms with Crippen LogP contribution < -0.4 is 0 Å². The zero-order chi connectivity index (χ0) is 62.5. The number of hydrogen-bond acceptors (Lipinski definition) is 10. The van der Waals surface area contributed by atoms with Crippen LogP contribution in [0.3, 0.4) is 0 Å². The molecule has 0 saturated heterocycles. The van der Waals surface area contributed by atoms with Gasteiger partial charge in [-0.05, 0) is 116 Å². The molecule has 0 heterocycles. The summed E-state index contributed by atoms with van der Waals surface area (Å²) >= 11 is 0. The molecule has 4 aromatic rings. The van der Waals surface area contributed by atoms with Crippen molar-refractivity contribution < 1.29 is 153 Å². The maximum absolute atomic E-state index is 11.2. The molecule has 8 N–H and O–H groups in total. The van der Waals surface area contributed by atoms with Gasteiger partial charge in [0, 0.05) is 201 Å². The first kappa shape index (κ1) is 90.4. The molecule has 4 atom stereocenters. The summed E-state index contributed by atoms with van der Waals surface area (Å²) in [6.07, 6.45) is 15.8. The minimum atomic E-state index is -0.179. The molecular formula is C72H112Ac2Co2N4O8. The van der Waals surface area contributed by atoms with Gasteiger partial charge in [-0.2, -0.15) is 0 Å². The second-order valence-corrected chi connectivity index (χ2v) is 31.8. The van der Waals surface area contributed by atoms with Gasteiger partial charge >= 0.3 is 0 Å². The Morgan fingerprint density at radius 2 is 0.455 bits per heavy atom. The fraction of sp³-hybridized carbons (Fsp3) is 0.611. The normalized spacial score (nSPS) is 17.9. The van der Waals surface area contributed by atoms with Crippen molar-refractivity contribution >= 4 is 24.9 Å². The van der Waals surface area contributed by atoms with Gasteiger partial charge in [0.05, 0.1) is 24.2 Å². The second kappa shape index (κ2) is 35.6. The van der Waals surface area contributed by atoms with Gasteiger partial charge in [-0.25, -0.2) is 0 Å². The molecule has 0 aromatic heterocycles. The van der Waals surface area contributed by atoms with Crippen molar-refractivity contribution in [3.63, 3.8) is 0 Å². The Morgan fingerprint density at radius 1 is 0.307 bits per heavy atom. The van der Waals surface area contributed by atoms with Crippen molar-refractivity contribution in [3.05, 3.63) is 125 Å². The Kier molecular flexibility index (Phi) is 36.6. The maximum atomic E-state index is 11.2. The number of aliphatic imine (C=N–C) groups is 4. The third kappa shape index (κ3) is 25.1. The third-order valence-electron chi connectivity index (χ3n) is 16.3. The molecule has 2 saturated carbocycles. The second-order valence-electron chi connectivity index (χ2n) is 31.8. The van der Waals surface area contributed by atoms with Gasteiger partial charge < -0.3 is 31.4 Å². The SMILES string of the molecule is CC(C)(C)c1cc(C=N[C@H]2CCCC[C@@H]2N=Cc2cc(C(C)(C)C)cc(C(C)(C)C)c2O)c(O)c(C(C)(C)C)c1.CC(C)(C)c1cc(C=N[C@H]2CCCC[C@@H]2N=Cc2cc(C(C)(C)C)cc(C(C)(C)C)c2O)c(O)c(C(C)(C)C)c1.O.O.O=O.[Ac].[Ac].[Co].[Co]. The molecule has 492 valence electrons. The molecule has 88 heavy (non-hydrogen) atoms. The minimum absolute atomic E-state index is 0. The third-order valence-corrected chi connectivity index (χ3v) is 16.3. The smallest absolute Gasteiger partial charge is 0.128 e. The molecule has 0 amide bonds. The van der Waals surface area contributed by atoms with Gasteiger partial charge in [-0.15, -0.1) is 0 Å². The Bertz CT molecular complexity index is 2580. The fourth-order valence-electron chi connectivity index (χ4n) is 10.6. The summed E-state index contributed by atoms with van der Waals surface area (Å²) in [6.45, 7) is 52.1. The van der Waals surface area contributed by atoms with Gasteiger partial charge in [0.2, 0.25) is 0 Å². The van der Waals surface area contributed by atoms with Crippen LogP contribution in [-0.2, 0) is 76.9 Å². The van der Waals surface area contributed by atoms with Crippen LogP contribution in [0.25, 0.3) is 0 Å². The number of hydrogen-bond donors (Lipinski definition) is 4. The number of phenolic OH excluding ortho intramolecular Hbond substituents is 4. The van der Waals surface area contributed by atoms with Gasteiger partial charge in [0.25, 0.3) is 0 Å². The Hall–Kier alpha value is -1.82. The van der Waals surface area contributed by atoms with Crippen molar-refractivity contribution in [3.8, 4) is 23.0 Å². The molecule has 6 rings (SSSR count). The molecule has 12 nitrogen and oxygen atoms in total. The number of nitrogens with zero attached hydrogens (tertiary/aromatic N) is 4. The first-order valence-electron chi connectivity index (χ1n) is 30.2. The average Bonchev–Trinajstić information content (AvgIpc) is 2.18. The summed E-state index contributed by atoms with van der Waals surface area (Å²) in [4.78, 5) is 34.1. The van der Waals surface area contributed by atoms with E-state index in [1.54, 1.807) is 0 Å². The number of phenols is 4. The predicted octanol–water partition coefficient (Wildman–Crippen LogP) is 16.7. The zero-order valence-corrected chi connectivity index (χ0v) is 69.7. The van der Waals surface area contributed by atoms with E-state index in [0.717, 1.165) is 95.9 Å². The molecule has 4 radical (unpaired) electrons. The van der Waals surface area contributed by atoms with Gasteiger partial charge in [0.15, 0.2) is 0 Å². The van der Waals surface area contributed by atoms with Crippen LogP contribution in [-0.4, -0.2) is 80.4 Å². The maximum Gasteiger partial charge on any atom is 0.128 e. The predicted molar refractivity (Wildman–Crippen MR) is 358 cm³/mol. The molecule has 2 aliphatic rings. The molecule has 0 aliphatic heterocycles. The van der Waals surface area contributed by atoms with Crippen LogP contribution in [0.4, 0.5) is 0 Å². The van der Waals surface area contributed by atoms with Crippen molar-refractivity contribution in [2.45, 2.75) is 285 Å². The zero-order valence-electron chi connectivity index (χ0n) is 58.1. The molecule has 4 aromatic carbocycles. The monoisotopic (exact) mass is 1730 g/mol. The van der Waals surface area contributed by atoms with E-state index in [1.807, 2.05) is 24.9 Å². The van der Waals surface area contributed by atoms with E-state index < -0.39 is 0 Å². The van der Waals surface area contributed by atoms with Crippen molar-refractivity contribution in [1.29, 1.82) is 0 Å². The summed E-state index contributed by atoms with van der Waals surface area (Å²) < 4.78 is 0. The average molecular weight is 1730 g/mol. The number of benzene rings is 4. The number of rotatable bonds is 8.